The van der Waals surface area contributed by atoms with Crippen LogP contribution in [0.15, 0.2) is 48.5 Å². The molecule has 2 rings (SSSR count). The molecule has 0 aromatic heterocycles. The van der Waals surface area contributed by atoms with Gasteiger partial charge in [0.2, 0.25) is 0 Å². The lowest BCUT2D eigenvalue weighted by molar-refractivity contribution is -0.137. The van der Waals surface area contributed by atoms with E-state index in [0.717, 1.165) is 11.6 Å². The van der Waals surface area contributed by atoms with Crippen molar-refractivity contribution in [2.75, 3.05) is 6.61 Å². The van der Waals surface area contributed by atoms with Gasteiger partial charge in [0.05, 0.1) is 10.6 Å². The first-order valence-electron chi connectivity index (χ1n) is 6.26. The van der Waals surface area contributed by atoms with Gasteiger partial charge in [0.25, 0.3) is 0 Å². The first-order chi connectivity index (χ1) is 9.93. The smallest absolute Gasteiger partial charge is 0.369 e. The van der Waals surface area contributed by atoms with Gasteiger partial charge in [-0.3, -0.25) is 0 Å². The molecule has 0 aliphatic rings. The Hall–Kier alpha value is -1.23. The van der Waals surface area contributed by atoms with E-state index < -0.39 is 17.8 Å². The molecular formula is C16H14Cl2F3O. The summed E-state index contributed by atoms with van der Waals surface area (Å²) in [4.78, 5) is 0. The minimum Gasteiger partial charge on any atom is -0.369 e. The highest BCUT2D eigenvalue weighted by Crippen LogP contribution is 2.37. The summed E-state index contributed by atoms with van der Waals surface area (Å²) in [6.45, 7) is 3.74. The second kappa shape index (κ2) is 7.86. The van der Waals surface area contributed by atoms with Gasteiger partial charge in [-0.2, -0.15) is 13.2 Å². The van der Waals surface area contributed by atoms with Crippen molar-refractivity contribution >= 4 is 24.0 Å². The Balaban J connectivity index is 0.00000242. The first-order valence-corrected chi connectivity index (χ1v) is 6.63. The van der Waals surface area contributed by atoms with Gasteiger partial charge in [-0.25, -0.2) is 0 Å². The van der Waals surface area contributed by atoms with Crippen LogP contribution >= 0.6 is 24.0 Å². The van der Waals surface area contributed by atoms with Crippen molar-refractivity contribution in [3.8, 4) is 0 Å². The molecule has 0 fully saturated rings. The van der Waals surface area contributed by atoms with Gasteiger partial charge >= 0.3 is 6.18 Å². The number of ether oxygens (including phenoxy) is 1. The lowest BCUT2D eigenvalue weighted by atomic mass is 9.99. The number of hydrogen-bond donors (Lipinski definition) is 0. The fraction of sp³-hybridized carbons (Fsp3) is 0.188. The number of halogens is 5. The van der Waals surface area contributed by atoms with E-state index in [-0.39, 0.29) is 24.0 Å². The van der Waals surface area contributed by atoms with Crippen molar-refractivity contribution in [3.63, 3.8) is 0 Å². The maximum atomic E-state index is 12.9. The number of benzene rings is 2. The monoisotopic (exact) mass is 349 g/mol. The third-order valence-electron chi connectivity index (χ3n) is 2.99. The predicted octanol–water partition coefficient (Wildman–Crippen LogP) is 5.72. The summed E-state index contributed by atoms with van der Waals surface area (Å²) in [6.07, 6.45) is -5.11. The zero-order valence-corrected chi connectivity index (χ0v) is 13.0. The van der Waals surface area contributed by atoms with Crippen molar-refractivity contribution < 1.29 is 17.9 Å². The van der Waals surface area contributed by atoms with Gasteiger partial charge in [-0.15, -0.1) is 12.4 Å². The molecule has 0 saturated carbocycles. The summed E-state index contributed by atoms with van der Waals surface area (Å²) in [5.74, 6) is 0. The highest BCUT2D eigenvalue weighted by molar-refractivity contribution is 6.31. The molecule has 0 N–H and O–H groups in total. The Bertz CT molecular complexity index is 600. The van der Waals surface area contributed by atoms with Crippen LogP contribution in [0.4, 0.5) is 13.2 Å². The molecule has 1 unspecified atom stereocenters. The van der Waals surface area contributed by atoms with E-state index in [2.05, 4.69) is 6.92 Å². The Kier molecular flexibility index (Phi) is 6.72. The van der Waals surface area contributed by atoms with E-state index in [1.165, 1.54) is 12.1 Å². The van der Waals surface area contributed by atoms with E-state index in [9.17, 15) is 13.2 Å². The third kappa shape index (κ3) is 4.38. The van der Waals surface area contributed by atoms with Crippen LogP contribution in [-0.4, -0.2) is 6.61 Å². The lowest BCUT2D eigenvalue weighted by Gasteiger charge is -2.20. The van der Waals surface area contributed by atoms with Crippen LogP contribution in [0.2, 0.25) is 5.02 Å². The lowest BCUT2D eigenvalue weighted by Crippen LogP contribution is -2.10. The summed E-state index contributed by atoms with van der Waals surface area (Å²) in [5.41, 5.74) is 0.286. The van der Waals surface area contributed by atoms with Crippen molar-refractivity contribution in [2.45, 2.75) is 12.3 Å². The van der Waals surface area contributed by atoms with Gasteiger partial charge in [0.15, 0.2) is 0 Å². The molecule has 0 aliphatic heterocycles. The summed E-state index contributed by atoms with van der Waals surface area (Å²) in [6, 6.07) is 12.8. The van der Waals surface area contributed by atoms with Crippen molar-refractivity contribution in [2.24, 2.45) is 0 Å². The molecule has 0 aliphatic carbocycles. The van der Waals surface area contributed by atoms with Crippen LogP contribution < -0.4 is 0 Å². The fourth-order valence-corrected chi connectivity index (χ4v) is 2.28. The zero-order valence-electron chi connectivity index (χ0n) is 11.4. The third-order valence-corrected chi connectivity index (χ3v) is 3.31. The normalized spacial score (nSPS) is 12.6. The summed E-state index contributed by atoms with van der Waals surface area (Å²) in [7, 11) is 0. The predicted molar refractivity (Wildman–Crippen MR) is 83.3 cm³/mol. The van der Waals surface area contributed by atoms with Crippen LogP contribution in [0, 0.1) is 6.92 Å². The average molecular weight is 350 g/mol. The first kappa shape index (κ1) is 18.8. The fourth-order valence-electron chi connectivity index (χ4n) is 2.05. The molecule has 1 radical (unpaired) electrons. The quantitative estimate of drug-likeness (QED) is 0.685. The molecule has 0 bridgehead atoms. The minimum atomic E-state index is -4.50. The number of rotatable bonds is 4. The molecule has 0 spiro atoms. The molecule has 1 atom stereocenters. The maximum absolute atomic E-state index is 12.9. The van der Waals surface area contributed by atoms with Gasteiger partial charge in [0.1, 0.15) is 6.10 Å². The maximum Gasteiger partial charge on any atom is 0.417 e. The molecule has 6 heteroatoms. The van der Waals surface area contributed by atoms with Crippen molar-refractivity contribution in [1.29, 1.82) is 0 Å². The second-order valence-corrected chi connectivity index (χ2v) is 4.81. The standard InChI is InChI=1S/C16H13ClF3O.ClH/c1-2-21-15(11-6-4-3-5-7-11)12-8-9-14(17)13(10-12)16(18,19)20;/h3-10,15H,1-2H2;1H. The summed E-state index contributed by atoms with van der Waals surface area (Å²) < 4.78 is 44.3. The topological polar surface area (TPSA) is 9.23 Å². The van der Waals surface area contributed by atoms with Crippen LogP contribution in [0.1, 0.15) is 22.8 Å². The van der Waals surface area contributed by atoms with Crippen molar-refractivity contribution in [3.05, 3.63) is 77.2 Å². The van der Waals surface area contributed by atoms with E-state index in [4.69, 9.17) is 16.3 Å². The van der Waals surface area contributed by atoms with Crippen LogP contribution in [0.25, 0.3) is 0 Å². The largest absolute Gasteiger partial charge is 0.417 e. The molecule has 2 aromatic rings. The van der Waals surface area contributed by atoms with Gasteiger partial charge in [-0.1, -0.05) is 48.0 Å². The van der Waals surface area contributed by atoms with Gasteiger partial charge in [0, 0.05) is 6.61 Å². The van der Waals surface area contributed by atoms with Gasteiger partial charge < -0.3 is 4.74 Å². The summed E-state index contributed by atoms with van der Waals surface area (Å²) in [5, 5.41) is -0.326. The minimum absolute atomic E-state index is 0. The van der Waals surface area contributed by atoms with Crippen molar-refractivity contribution in [1.82, 2.24) is 0 Å². The average Bonchev–Trinajstić information content (AvgIpc) is 2.45. The van der Waals surface area contributed by atoms with Gasteiger partial charge in [-0.05, 0) is 30.2 Å². The van der Waals surface area contributed by atoms with Crippen LogP contribution in [0.3, 0.4) is 0 Å². The Morgan fingerprint density at radius 1 is 1.05 bits per heavy atom. The Morgan fingerprint density at radius 3 is 2.23 bits per heavy atom. The zero-order chi connectivity index (χ0) is 15.5. The molecule has 0 saturated heterocycles. The SMILES string of the molecule is Cl.[CH2]COC(c1ccccc1)c1ccc(Cl)c(C(F)(F)F)c1. The van der Waals surface area contributed by atoms with E-state index >= 15 is 0 Å². The van der Waals surface area contributed by atoms with E-state index in [1.807, 2.05) is 6.07 Å². The number of hydrogen-bond acceptors (Lipinski definition) is 1. The van der Waals surface area contributed by atoms with Crippen LogP contribution in [0.5, 0.6) is 0 Å². The molecule has 2 aromatic carbocycles. The highest BCUT2D eigenvalue weighted by Gasteiger charge is 2.34. The Morgan fingerprint density at radius 2 is 1.68 bits per heavy atom. The van der Waals surface area contributed by atoms with E-state index in [1.54, 1.807) is 24.3 Å². The highest BCUT2D eigenvalue weighted by atomic mass is 35.5. The number of alkyl halides is 3. The molecule has 0 amide bonds. The summed E-state index contributed by atoms with van der Waals surface area (Å²) >= 11 is 5.64. The molecule has 0 heterocycles. The van der Waals surface area contributed by atoms with E-state index in [0.29, 0.717) is 5.56 Å². The Labute approximate surface area is 138 Å². The molecule has 1 nitrogen and oxygen atoms in total. The molecule has 22 heavy (non-hydrogen) atoms. The van der Waals surface area contributed by atoms with Crippen LogP contribution in [-0.2, 0) is 10.9 Å². The second-order valence-electron chi connectivity index (χ2n) is 4.40. The molecule has 119 valence electrons. The molecular weight excluding hydrogens is 336 g/mol.